The summed E-state index contributed by atoms with van der Waals surface area (Å²) in [6.07, 6.45) is 7.72. The number of H-pyrrole nitrogens is 1. The van der Waals surface area contributed by atoms with Crippen molar-refractivity contribution < 1.29 is 19.2 Å². The molecule has 1 aliphatic carbocycles. The normalized spacial score (nSPS) is 16.7. The number of aromatic nitrogens is 1. The third kappa shape index (κ3) is 7.08. The molecule has 0 aliphatic heterocycles. The molecule has 3 atom stereocenters. The van der Waals surface area contributed by atoms with Crippen LogP contribution in [-0.2, 0) is 20.8 Å². The fourth-order valence-corrected chi connectivity index (χ4v) is 4.38. The summed E-state index contributed by atoms with van der Waals surface area (Å²) in [7, 11) is 0. The Labute approximate surface area is 191 Å². The summed E-state index contributed by atoms with van der Waals surface area (Å²) in [5.41, 5.74) is 8.23. The molecule has 1 aliphatic rings. The minimum absolute atomic E-state index is 0.0000352. The lowest BCUT2D eigenvalue weighted by molar-refractivity contribution is -0.126. The fourth-order valence-electron chi connectivity index (χ4n) is 3.57. The number of carbonyl (C=O) groups excluding carboxylic acids is 4. The van der Waals surface area contributed by atoms with Crippen LogP contribution in [0.25, 0.3) is 6.08 Å². The lowest BCUT2D eigenvalue weighted by atomic mass is 9.91. The molecule has 1 heterocycles. The summed E-state index contributed by atoms with van der Waals surface area (Å²) in [6.45, 7) is 5.81. The van der Waals surface area contributed by atoms with Gasteiger partial charge in [-0.2, -0.15) is 0 Å². The monoisotopic (exact) mass is 461 g/mol. The van der Waals surface area contributed by atoms with Gasteiger partial charge in [0.05, 0.1) is 12.3 Å². The van der Waals surface area contributed by atoms with Crippen molar-refractivity contribution >= 4 is 46.9 Å². The third-order valence-electron chi connectivity index (χ3n) is 5.16. The van der Waals surface area contributed by atoms with E-state index in [0.717, 1.165) is 35.0 Å². The number of hydrogen-bond acceptors (Lipinski definition) is 6. The van der Waals surface area contributed by atoms with Gasteiger partial charge in [0.25, 0.3) is 0 Å². The van der Waals surface area contributed by atoms with Crippen molar-refractivity contribution in [2.75, 3.05) is 0 Å². The Balaban J connectivity index is 2.19. The smallest absolute Gasteiger partial charge is 0.312 e. The van der Waals surface area contributed by atoms with Crippen LogP contribution in [0.4, 0.5) is 4.79 Å². The largest absolute Gasteiger partial charge is 0.364 e. The molecule has 0 saturated carbocycles. The molecular weight excluding hydrogens is 430 g/mol. The SMILES string of the molecule is CC(C)SC(=O)[C@H](CCC(=O)C=N)NC(=O)[C@H](Cc1c[nH]c2c1C=CCC2C)NC(N)=O. The number of nitrogens with one attached hydrogen (secondary N) is 4. The molecule has 3 amide bonds. The molecule has 1 aromatic heterocycles. The number of hydrogen-bond donors (Lipinski definition) is 5. The summed E-state index contributed by atoms with van der Waals surface area (Å²) >= 11 is 1.07. The highest BCUT2D eigenvalue weighted by Crippen LogP contribution is 2.31. The van der Waals surface area contributed by atoms with Gasteiger partial charge in [-0.1, -0.05) is 44.7 Å². The van der Waals surface area contributed by atoms with Gasteiger partial charge in [-0.25, -0.2) is 4.79 Å². The highest BCUT2D eigenvalue weighted by atomic mass is 32.2. The number of aromatic amines is 1. The molecule has 0 fully saturated rings. The van der Waals surface area contributed by atoms with Crippen LogP contribution in [0.5, 0.6) is 0 Å². The molecule has 32 heavy (non-hydrogen) atoms. The van der Waals surface area contributed by atoms with Gasteiger partial charge in [0.2, 0.25) is 11.0 Å². The Morgan fingerprint density at radius 1 is 1.28 bits per heavy atom. The van der Waals surface area contributed by atoms with Gasteiger partial charge in [-0.15, -0.1) is 0 Å². The second-order valence-corrected chi connectivity index (χ2v) is 9.72. The Hall–Kier alpha value is -2.88. The molecule has 0 spiro atoms. The van der Waals surface area contributed by atoms with Crippen LogP contribution in [0.15, 0.2) is 12.3 Å². The lowest BCUT2D eigenvalue weighted by Gasteiger charge is -2.23. The number of amides is 3. The predicted octanol–water partition coefficient (Wildman–Crippen LogP) is 2.27. The average molecular weight is 462 g/mol. The standard InChI is InChI=1S/C22H31N5O4S/c1-12(2)32-21(30)17(8-7-15(28)10-23)26-20(29)18(27-22(24)31)9-14-11-25-19-13(3)5-4-6-16(14)19/h4,6,10-13,17-18,23,25H,5,7-9H2,1-3H3,(H,26,29)(H3,24,27,31)/t13?,17-,18-/m0/s1. The fraction of sp³-hybridized carbons (Fsp3) is 0.500. The molecule has 9 nitrogen and oxygen atoms in total. The molecule has 6 N–H and O–H groups in total. The summed E-state index contributed by atoms with van der Waals surface area (Å²) in [5, 5.41) is 11.9. The van der Waals surface area contributed by atoms with Gasteiger partial charge in [0.1, 0.15) is 6.04 Å². The maximum Gasteiger partial charge on any atom is 0.312 e. The van der Waals surface area contributed by atoms with Crippen molar-refractivity contribution in [2.24, 2.45) is 5.73 Å². The number of fused-ring (bicyclic) bond motifs is 1. The van der Waals surface area contributed by atoms with E-state index in [0.29, 0.717) is 12.1 Å². The Bertz CT molecular complexity index is 908. The topological polar surface area (TPSA) is 158 Å². The third-order valence-corrected chi connectivity index (χ3v) is 6.14. The lowest BCUT2D eigenvalue weighted by Crippen LogP contribution is -2.53. The molecule has 0 radical (unpaired) electrons. The number of urea groups is 1. The van der Waals surface area contributed by atoms with E-state index in [4.69, 9.17) is 11.1 Å². The summed E-state index contributed by atoms with van der Waals surface area (Å²) < 4.78 is 0. The zero-order valence-electron chi connectivity index (χ0n) is 18.6. The van der Waals surface area contributed by atoms with Gasteiger partial charge in [-0.05, 0) is 24.0 Å². The molecule has 0 saturated heterocycles. The van der Waals surface area contributed by atoms with E-state index in [1.54, 1.807) is 0 Å². The van der Waals surface area contributed by atoms with Crippen molar-refractivity contribution in [1.82, 2.24) is 15.6 Å². The zero-order chi connectivity index (χ0) is 23.8. The minimum Gasteiger partial charge on any atom is -0.364 e. The second kappa shape index (κ2) is 11.7. The highest BCUT2D eigenvalue weighted by Gasteiger charge is 2.29. The first-order valence-corrected chi connectivity index (χ1v) is 11.5. The summed E-state index contributed by atoms with van der Waals surface area (Å²) in [6, 6.07) is -2.76. The number of nitrogens with two attached hydrogens (primary N) is 1. The van der Waals surface area contributed by atoms with Gasteiger partial charge in [0, 0.05) is 35.9 Å². The van der Waals surface area contributed by atoms with E-state index in [9.17, 15) is 19.2 Å². The molecule has 10 heteroatoms. The first kappa shape index (κ1) is 25.4. The van der Waals surface area contributed by atoms with Crippen molar-refractivity contribution in [2.45, 2.75) is 69.7 Å². The van der Waals surface area contributed by atoms with Crippen LogP contribution in [-0.4, -0.2) is 51.4 Å². The van der Waals surface area contributed by atoms with E-state index >= 15 is 0 Å². The van der Waals surface area contributed by atoms with Crippen molar-refractivity contribution in [3.8, 4) is 0 Å². The number of thioether (sulfide) groups is 1. The zero-order valence-corrected chi connectivity index (χ0v) is 19.4. The van der Waals surface area contributed by atoms with Gasteiger partial charge >= 0.3 is 6.03 Å². The summed E-state index contributed by atoms with van der Waals surface area (Å²) in [5.74, 6) is -0.670. The van der Waals surface area contributed by atoms with Crippen LogP contribution >= 0.6 is 11.8 Å². The molecular formula is C22H31N5O4S. The number of ketones is 1. The Morgan fingerprint density at radius 2 is 2.00 bits per heavy atom. The van der Waals surface area contributed by atoms with Crippen LogP contribution in [0, 0.1) is 5.41 Å². The van der Waals surface area contributed by atoms with E-state index in [-0.39, 0.29) is 29.6 Å². The average Bonchev–Trinajstić information content (AvgIpc) is 3.13. The Kier molecular flexibility index (Phi) is 9.25. The number of rotatable bonds is 11. The molecule has 2 rings (SSSR count). The van der Waals surface area contributed by atoms with Crippen molar-refractivity contribution in [3.05, 3.63) is 29.1 Å². The van der Waals surface area contributed by atoms with Crippen LogP contribution in [0.2, 0.25) is 0 Å². The van der Waals surface area contributed by atoms with E-state index in [2.05, 4.69) is 28.6 Å². The van der Waals surface area contributed by atoms with E-state index < -0.39 is 29.8 Å². The van der Waals surface area contributed by atoms with Crippen molar-refractivity contribution in [1.29, 1.82) is 5.41 Å². The summed E-state index contributed by atoms with van der Waals surface area (Å²) in [4.78, 5) is 52.0. The van der Waals surface area contributed by atoms with Crippen LogP contribution in [0.3, 0.4) is 0 Å². The molecule has 0 bridgehead atoms. The maximum atomic E-state index is 13.1. The first-order chi connectivity index (χ1) is 15.1. The molecule has 0 aromatic carbocycles. The highest BCUT2D eigenvalue weighted by molar-refractivity contribution is 8.14. The van der Waals surface area contributed by atoms with E-state index in [1.807, 2.05) is 26.1 Å². The van der Waals surface area contributed by atoms with Gasteiger partial charge in [-0.3, -0.25) is 14.4 Å². The molecule has 174 valence electrons. The van der Waals surface area contributed by atoms with Gasteiger partial charge in [0.15, 0.2) is 5.78 Å². The minimum atomic E-state index is -0.990. The van der Waals surface area contributed by atoms with Gasteiger partial charge < -0.3 is 26.8 Å². The second-order valence-electron chi connectivity index (χ2n) is 8.14. The van der Waals surface area contributed by atoms with Crippen molar-refractivity contribution in [3.63, 3.8) is 0 Å². The number of allylic oxidation sites excluding steroid dienone is 1. The predicted molar refractivity (Wildman–Crippen MR) is 126 cm³/mol. The molecule has 1 unspecified atom stereocenters. The maximum absolute atomic E-state index is 13.1. The van der Waals surface area contributed by atoms with Crippen LogP contribution in [0.1, 0.15) is 62.8 Å². The first-order valence-electron chi connectivity index (χ1n) is 10.6. The number of Topliss-reactive ketones (excluding diaryl/α,β-unsaturated/α-hetero) is 1. The quantitative estimate of drug-likeness (QED) is 0.319. The van der Waals surface area contributed by atoms with Crippen LogP contribution < -0.4 is 16.4 Å². The number of primary amides is 1. The number of carbonyl (C=O) groups is 4. The Morgan fingerprint density at radius 3 is 2.62 bits per heavy atom. The molecule has 1 aromatic rings. The van der Waals surface area contributed by atoms with E-state index in [1.165, 1.54) is 0 Å².